The maximum absolute atomic E-state index is 12.9. The van der Waals surface area contributed by atoms with Gasteiger partial charge in [-0.1, -0.05) is 13.3 Å². The van der Waals surface area contributed by atoms with Crippen molar-refractivity contribution in [1.29, 1.82) is 0 Å². The van der Waals surface area contributed by atoms with Crippen LogP contribution in [0.5, 0.6) is 0 Å². The molecule has 1 aromatic rings. The molecule has 0 saturated carbocycles. The molecule has 2 fully saturated rings. The van der Waals surface area contributed by atoms with Crippen LogP contribution in [-0.4, -0.2) is 82.9 Å². The second kappa shape index (κ2) is 10.1. The minimum atomic E-state index is 0.0383. The van der Waals surface area contributed by atoms with Gasteiger partial charge in [-0.3, -0.25) is 5.32 Å². The SMILES string of the molecule is CCCCn1nccc1NC(=O)N1CCCC[C@@H]1CCN1CCN(C)CC1. The highest BCUT2D eigenvalue weighted by molar-refractivity contribution is 5.88. The van der Waals surface area contributed by atoms with E-state index in [2.05, 4.69) is 39.1 Å². The highest BCUT2D eigenvalue weighted by Crippen LogP contribution is 2.22. The molecule has 3 heterocycles. The lowest BCUT2D eigenvalue weighted by molar-refractivity contribution is 0.122. The van der Waals surface area contributed by atoms with Gasteiger partial charge in [0, 0.05) is 57.9 Å². The van der Waals surface area contributed by atoms with Crippen LogP contribution >= 0.6 is 0 Å². The lowest BCUT2D eigenvalue weighted by atomic mass is 9.99. The Hall–Kier alpha value is -1.60. The molecular weight excluding hydrogens is 340 g/mol. The molecule has 2 aliphatic rings. The quantitative estimate of drug-likeness (QED) is 0.795. The fraction of sp³-hybridized carbons (Fsp3) is 0.800. The molecule has 3 rings (SSSR count). The predicted molar refractivity (Wildman–Crippen MR) is 109 cm³/mol. The number of piperidine rings is 1. The number of piperazine rings is 1. The normalized spacial score (nSPS) is 22.1. The molecule has 2 aliphatic heterocycles. The second-order valence-corrected chi connectivity index (χ2v) is 8.00. The maximum atomic E-state index is 12.9. The van der Waals surface area contributed by atoms with Gasteiger partial charge >= 0.3 is 6.03 Å². The fourth-order valence-corrected chi connectivity index (χ4v) is 4.08. The molecular formula is C20H36N6O. The van der Waals surface area contributed by atoms with E-state index in [0.717, 1.165) is 83.7 Å². The van der Waals surface area contributed by atoms with E-state index in [0.29, 0.717) is 6.04 Å². The zero-order chi connectivity index (χ0) is 19.1. The van der Waals surface area contributed by atoms with Gasteiger partial charge in [0.1, 0.15) is 5.82 Å². The number of hydrogen-bond acceptors (Lipinski definition) is 4. The van der Waals surface area contributed by atoms with Gasteiger partial charge in [-0.2, -0.15) is 5.10 Å². The molecule has 2 saturated heterocycles. The van der Waals surface area contributed by atoms with E-state index < -0.39 is 0 Å². The first-order valence-corrected chi connectivity index (χ1v) is 10.7. The summed E-state index contributed by atoms with van der Waals surface area (Å²) in [6, 6.07) is 2.29. The summed E-state index contributed by atoms with van der Waals surface area (Å²) in [5.74, 6) is 0.817. The molecule has 1 N–H and O–H groups in total. The van der Waals surface area contributed by atoms with E-state index in [1.165, 1.54) is 6.42 Å². The van der Waals surface area contributed by atoms with Crippen LogP contribution < -0.4 is 5.32 Å². The number of likely N-dealkylation sites (N-methyl/N-ethyl adjacent to an activating group) is 1. The fourth-order valence-electron chi connectivity index (χ4n) is 4.08. The smallest absolute Gasteiger partial charge is 0.321 e. The van der Waals surface area contributed by atoms with Crippen molar-refractivity contribution in [3.8, 4) is 0 Å². The number of carbonyl (C=O) groups excluding carboxylic acids is 1. The molecule has 152 valence electrons. The summed E-state index contributed by atoms with van der Waals surface area (Å²) in [7, 11) is 2.19. The number of aromatic nitrogens is 2. The van der Waals surface area contributed by atoms with Crippen molar-refractivity contribution >= 4 is 11.8 Å². The third kappa shape index (κ3) is 5.69. The molecule has 0 radical (unpaired) electrons. The standard InChI is InChI=1S/C20H36N6O/c1-3-4-12-26-19(8-10-21-26)22-20(27)25-11-6-5-7-18(25)9-13-24-16-14-23(2)15-17-24/h8,10,18H,3-7,9,11-17H2,1-2H3,(H,22,27)/t18-/m1/s1. The molecule has 1 atom stereocenters. The Morgan fingerprint density at radius 2 is 2.00 bits per heavy atom. The summed E-state index contributed by atoms with van der Waals surface area (Å²) in [6.45, 7) is 9.57. The molecule has 0 spiro atoms. The Morgan fingerprint density at radius 1 is 1.19 bits per heavy atom. The zero-order valence-corrected chi connectivity index (χ0v) is 17.1. The minimum absolute atomic E-state index is 0.0383. The number of likely N-dealkylation sites (tertiary alicyclic amines) is 1. The summed E-state index contributed by atoms with van der Waals surface area (Å²) >= 11 is 0. The van der Waals surface area contributed by atoms with Gasteiger partial charge < -0.3 is 14.7 Å². The number of carbonyl (C=O) groups is 1. The summed E-state index contributed by atoms with van der Waals surface area (Å²) in [6.07, 6.45) is 8.49. The second-order valence-electron chi connectivity index (χ2n) is 8.00. The topological polar surface area (TPSA) is 56.6 Å². The van der Waals surface area contributed by atoms with Crippen molar-refractivity contribution in [1.82, 2.24) is 24.5 Å². The molecule has 7 nitrogen and oxygen atoms in total. The molecule has 1 aromatic heterocycles. The zero-order valence-electron chi connectivity index (χ0n) is 17.1. The summed E-state index contributed by atoms with van der Waals surface area (Å²) in [5, 5.41) is 7.46. The van der Waals surface area contributed by atoms with Gasteiger partial charge in [-0.15, -0.1) is 0 Å². The van der Waals surface area contributed by atoms with E-state index in [1.807, 2.05) is 10.7 Å². The molecule has 27 heavy (non-hydrogen) atoms. The highest BCUT2D eigenvalue weighted by atomic mass is 16.2. The Labute approximate surface area is 163 Å². The first kappa shape index (κ1) is 20.1. The largest absolute Gasteiger partial charge is 0.323 e. The van der Waals surface area contributed by atoms with Crippen LogP contribution in [0.4, 0.5) is 10.6 Å². The molecule has 0 bridgehead atoms. The van der Waals surface area contributed by atoms with Crippen molar-refractivity contribution in [2.24, 2.45) is 0 Å². The molecule has 7 heteroatoms. The van der Waals surface area contributed by atoms with Crippen molar-refractivity contribution in [2.75, 3.05) is 51.6 Å². The number of urea groups is 1. The molecule has 2 amide bonds. The number of anilines is 1. The molecule has 0 aliphatic carbocycles. The van der Waals surface area contributed by atoms with Crippen LogP contribution in [0.1, 0.15) is 45.4 Å². The van der Waals surface area contributed by atoms with Crippen molar-refractivity contribution in [2.45, 2.75) is 58.0 Å². The van der Waals surface area contributed by atoms with E-state index in [1.54, 1.807) is 6.20 Å². The number of amides is 2. The number of nitrogens with zero attached hydrogens (tertiary/aromatic N) is 5. The van der Waals surface area contributed by atoms with Crippen LogP contribution in [0.15, 0.2) is 12.3 Å². The van der Waals surface area contributed by atoms with Gasteiger partial charge in [0.25, 0.3) is 0 Å². The lowest BCUT2D eigenvalue weighted by Crippen LogP contribution is -2.49. The van der Waals surface area contributed by atoms with Crippen molar-refractivity contribution < 1.29 is 4.79 Å². The first-order chi connectivity index (χ1) is 13.2. The van der Waals surface area contributed by atoms with Gasteiger partial charge in [0.2, 0.25) is 0 Å². The summed E-state index contributed by atoms with van der Waals surface area (Å²) in [5.41, 5.74) is 0. The first-order valence-electron chi connectivity index (χ1n) is 10.7. The van der Waals surface area contributed by atoms with E-state index >= 15 is 0 Å². The highest BCUT2D eigenvalue weighted by Gasteiger charge is 2.28. The van der Waals surface area contributed by atoms with Crippen molar-refractivity contribution in [3.05, 3.63) is 12.3 Å². The van der Waals surface area contributed by atoms with E-state index in [-0.39, 0.29) is 6.03 Å². The van der Waals surface area contributed by atoms with Crippen LogP contribution in [-0.2, 0) is 6.54 Å². The maximum Gasteiger partial charge on any atom is 0.323 e. The van der Waals surface area contributed by atoms with Crippen molar-refractivity contribution in [3.63, 3.8) is 0 Å². The summed E-state index contributed by atoms with van der Waals surface area (Å²) < 4.78 is 1.91. The average molecular weight is 377 g/mol. The van der Waals surface area contributed by atoms with Gasteiger partial charge in [0.05, 0.1) is 6.20 Å². The Morgan fingerprint density at radius 3 is 2.78 bits per heavy atom. The van der Waals surface area contributed by atoms with Gasteiger partial charge in [-0.25, -0.2) is 9.48 Å². The Bertz CT molecular complexity index is 581. The third-order valence-corrected chi connectivity index (χ3v) is 5.94. The Kier molecular flexibility index (Phi) is 7.52. The monoisotopic (exact) mass is 376 g/mol. The predicted octanol–water partition coefficient (Wildman–Crippen LogP) is 2.71. The van der Waals surface area contributed by atoms with Gasteiger partial charge in [-0.05, 0) is 39.2 Å². The molecule has 0 unspecified atom stereocenters. The van der Waals surface area contributed by atoms with E-state index in [4.69, 9.17) is 0 Å². The number of unbranched alkanes of at least 4 members (excludes halogenated alkanes) is 1. The van der Waals surface area contributed by atoms with Crippen LogP contribution in [0.2, 0.25) is 0 Å². The minimum Gasteiger partial charge on any atom is -0.321 e. The average Bonchev–Trinajstić information content (AvgIpc) is 3.13. The lowest BCUT2D eigenvalue weighted by Gasteiger charge is -2.38. The number of rotatable bonds is 7. The number of nitrogens with one attached hydrogen (secondary N) is 1. The molecule has 0 aromatic carbocycles. The van der Waals surface area contributed by atoms with Crippen LogP contribution in [0.3, 0.4) is 0 Å². The third-order valence-electron chi connectivity index (χ3n) is 5.94. The van der Waals surface area contributed by atoms with Crippen LogP contribution in [0.25, 0.3) is 0 Å². The Balaban J connectivity index is 1.53. The summed E-state index contributed by atoms with van der Waals surface area (Å²) in [4.78, 5) is 19.9. The number of hydrogen-bond donors (Lipinski definition) is 1. The van der Waals surface area contributed by atoms with E-state index in [9.17, 15) is 4.79 Å². The number of aryl methyl sites for hydroxylation is 1. The van der Waals surface area contributed by atoms with Gasteiger partial charge in [0.15, 0.2) is 0 Å². The van der Waals surface area contributed by atoms with Crippen LogP contribution in [0, 0.1) is 0 Å².